The Hall–Kier alpha value is -1.05. The molecular formula is C13H19O7PS. The number of carbonyl (C=O) groups is 1. The molecule has 1 N–H and O–H groups in total. The van der Waals surface area contributed by atoms with Gasteiger partial charge in [-0.2, -0.15) is 0 Å². The van der Waals surface area contributed by atoms with Crippen LogP contribution in [-0.2, 0) is 35.3 Å². The van der Waals surface area contributed by atoms with Crippen LogP contribution in [-0.4, -0.2) is 34.6 Å². The first-order valence-corrected chi connectivity index (χ1v) is 9.58. The lowest BCUT2D eigenvalue weighted by Crippen LogP contribution is -2.17. The average Bonchev–Trinajstić information content (AvgIpc) is 2.40. The third-order valence-electron chi connectivity index (χ3n) is 2.36. The van der Waals surface area contributed by atoms with Crippen LogP contribution in [0.1, 0.15) is 19.4 Å². The molecule has 0 radical (unpaired) electrons. The molecule has 0 amide bonds. The van der Waals surface area contributed by atoms with Crippen molar-refractivity contribution in [3.8, 4) is 5.75 Å². The largest absolute Gasteiger partial charge is 0.616 e. The number of para-hydroxylation sites is 1. The first kappa shape index (κ1) is 19.0. The standard InChI is InChI=1S/C13H19O7PS/c1-3-18-21(16,19-4-2)20-12-8-6-5-7-11(12)9-22(17)10-13(14)15/h5-8H,3-4,9-10H2,1-2H3,(H,14,15). The van der Waals surface area contributed by atoms with Crippen molar-refractivity contribution in [1.82, 2.24) is 0 Å². The Balaban J connectivity index is 2.90. The van der Waals surface area contributed by atoms with Crippen LogP contribution in [0, 0.1) is 0 Å². The third kappa shape index (κ3) is 6.37. The van der Waals surface area contributed by atoms with Gasteiger partial charge in [-0.05, 0) is 31.1 Å². The van der Waals surface area contributed by atoms with Crippen molar-refractivity contribution in [3.05, 3.63) is 29.8 Å². The van der Waals surface area contributed by atoms with E-state index in [1.165, 1.54) is 6.07 Å². The van der Waals surface area contributed by atoms with Crippen LogP contribution < -0.4 is 4.52 Å². The lowest BCUT2D eigenvalue weighted by molar-refractivity contribution is -0.134. The molecule has 0 aliphatic carbocycles. The van der Waals surface area contributed by atoms with Gasteiger partial charge in [-0.3, -0.25) is 9.05 Å². The molecular weight excluding hydrogens is 331 g/mol. The molecule has 1 aromatic carbocycles. The molecule has 0 heterocycles. The topological polar surface area (TPSA) is 105 Å². The minimum absolute atomic E-state index is 0.0271. The molecule has 0 aliphatic rings. The van der Waals surface area contributed by atoms with Crippen molar-refractivity contribution in [1.29, 1.82) is 0 Å². The summed E-state index contributed by atoms with van der Waals surface area (Å²) in [6.07, 6.45) is 0. The molecule has 9 heteroatoms. The summed E-state index contributed by atoms with van der Waals surface area (Å²) >= 11 is -1.60. The molecule has 0 saturated heterocycles. The molecule has 1 rings (SSSR count). The Kier molecular flexibility index (Phi) is 7.92. The van der Waals surface area contributed by atoms with Crippen molar-refractivity contribution in [2.24, 2.45) is 0 Å². The lowest BCUT2D eigenvalue weighted by Gasteiger charge is -2.19. The molecule has 0 fully saturated rings. The zero-order valence-corrected chi connectivity index (χ0v) is 14.1. The van der Waals surface area contributed by atoms with Crippen LogP contribution in [0.25, 0.3) is 0 Å². The summed E-state index contributed by atoms with van der Waals surface area (Å²) in [5, 5.41) is 8.65. The van der Waals surface area contributed by atoms with Gasteiger partial charge < -0.3 is 14.2 Å². The molecule has 22 heavy (non-hydrogen) atoms. The molecule has 1 aromatic rings. The highest BCUT2D eigenvalue weighted by Crippen LogP contribution is 2.50. The molecule has 0 bridgehead atoms. The van der Waals surface area contributed by atoms with Gasteiger partial charge in [-0.15, -0.1) is 0 Å². The molecule has 1 unspecified atom stereocenters. The second kappa shape index (κ2) is 9.17. The van der Waals surface area contributed by atoms with Crippen LogP contribution >= 0.6 is 7.82 Å². The maximum atomic E-state index is 12.4. The number of carboxylic acid groups (broad SMARTS) is 1. The smallest absolute Gasteiger partial charge is 0.530 e. The van der Waals surface area contributed by atoms with Crippen LogP contribution in [0.5, 0.6) is 5.75 Å². The van der Waals surface area contributed by atoms with E-state index in [1.54, 1.807) is 32.0 Å². The van der Waals surface area contributed by atoms with E-state index in [0.717, 1.165) is 0 Å². The van der Waals surface area contributed by atoms with Gasteiger partial charge in [0.1, 0.15) is 11.5 Å². The molecule has 0 saturated carbocycles. The Bertz CT molecular complexity index is 527. The number of hydrogen-bond donors (Lipinski definition) is 1. The zero-order chi connectivity index (χ0) is 16.6. The first-order chi connectivity index (χ1) is 10.4. The maximum absolute atomic E-state index is 12.4. The van der Waals surface area contributed by atoms with Gasteiger partial charge in [0.2, 0.25) is 5.75 Å². The highest BCUT2D eigenvalue weighted by Gasteiger charge is 2.29. The van der Waals surface area contributed by atoms with Gasteiger partial charge in [0, 0.05) is 5.56 Å². The van der Waals surface area contributed by atoms with Crippen LogP contribution in [0.4, 0.5) is 0 Å². The van der Waals surface area contributed by atoms with E-state index in [-0.39, 0.29) is 24.7 Å². The summed E-state index contributed by atoms with van der Waals surface area (Å²) < 4.78 is 39.5. The fourth-order valence-corrected chi connectivity index (χ4v) is 3.80. The Morgan fingerprint density at radius 1 is 1.27 bits per heavy atom. The van der Waals surface area contributed by atoms with Gasteiger partial charge in [-0.25, -0.2) is 9.36 Å². The molecule has 0 aromatic heterocycles. The highest BCUT2D eigenvalue weighted by atomic mass is 32.2. The van der Waals surface area contributed by atoms with E-state index in [2.05, 4.69) is 0 Å². The monoisotopic (exact) mass is 350 g/mol. The predicted octanol–water partition coefficient (Wildman–Crippen LogP) is 2.58. The summed E-state index contributed by atoms with van der Waals surface area (Å²) in [7, 11) is -3.75. The van der Waals surface area contributed by atoms with Crippen LogP contribution in [0.3, 0.4) is 0 Å². The summed E-state index contributed by atoms with van der Waals surface area (Å²) in [6, 6.07) is 6.50. The Morgan fingerprint density at radius 3 is 2.41 bits per heavy atom. The van der Waals surface area contributed by atoms with E-state index in [9.17, 15) is 13.9 Å². The van der Waals surface area contributed by atoms with Crippen molar-refractivity contribution in [2.45, 2.75) is 19.6 Å². The summed E-state index contributed by atoms with van der Waals surface area (Å²) in [4.78, 5) is 10.6. The van der Waals surface area contributed by atoms with E-state index in [0.29, 0.717) is 5.56 Å². The average molecular weight is 350 g/mol. The fourth-order valence-electron chi connectivity index (χ4n) is 1.60. The Morgan fingerprint density at radius 2 is 1.86 bits per heavy atom. The zero-order valence-electron chi connectivity index (χ0n) is 12.4. The van der Waals surface area contributed by atoms with E-state index >= 15 is 0 Å². The van der Waals surface area contributed by atoms with Crippen molar-refractivity contribution >= 4 is 25.0 Å². The third-order valence-corrected chi connectivity index (χ3v) is 5.13. The number of aliphatic carboxylic acids is 1. The van der Waals surface area contributed by atoms with Crippen LogP contribution in [0.15, 0.2) is 24.3 Å². The number of rotatable bonds is 10. The van der Waals surface area contributed by atoms with Crippen molar-refractivity contribution < 1.29 is 32.6 Å². The van der Waals surface area contributed by atoms with Crippen molar-refractivity contribution in [2.75, 3.05) is 19.0 Å². The molecule has 0 spiro atoms. The number of hydrogen-bond acceptors (Lipinski definition) is 6. The SMILES string of the molecule is CCOP(=O)(OCC)Oc1ccccc1C[S+]([O-])CC(=O)O. The fraction of sp³-hybridized carbons (Fsp3) is 0.462. The second-order valence-electron chi connectivity index (χ2n) is 4.10. The molecule has 0 aliphatic heterocycles. The van der Waals surface area contributed by atoms with Gasteiger partial charge in [0.15, 0.2) is 0 Å². The molecule has 1 atom stereocenters. The summed E-state index contributed by atoms with van der Waals surface area (Å²) in [5.41, 5.74) is 0.474. The number of phosphoric acid groups is 1. The minimum Gasteiger partial charge on any atom is -0.616 e. The molecule has 7 nitrogen and oxygen atoms in total. The predicted molar refractivity (Wildman–Crippen MR) is 82.3 cm³/mol. The highest BCUT2D eigenvalue weighted by molar-refractivity contribution is 7.91. The van der Waals surface area contributed by atoms with Crippen LogP contribution in [0.2, 0.25) is 0 Å². The van der Waals surface area contributed by atoms with Gasteiger partial charge in [-0.1, -0.05) is 18.2 Å². The second-order valence-corrected chi connectivity index (χ2v) is 7.15. The van der Waals surface area contributed by atoms with E-state index < -0.39 is 30.7 Å². The lowest BCUT2D eigenvalue weighted by atomic mass is 10.2. The normalized spacial score (nSPS) is 12.9. The number of carboxylic acids is 1. The van der Waals surface area contributed by atoms with Gasteiger partial charge >= 0.3 is 13.8 Å². The Labute approximate surface area is 132 Å². The maximum Gasteiger partial charge on any atom is 0.530 e. The summed E-state index contributed by atoms with van der Waals surface area (Å²) in [6.45, 7) is 3.60. The quantitative estimate of drug-likeness (QED) is 0.511. The van der Waals surface area contributed by atoms with Gasteiger partial charge in [0.05, 0.1) is 13.2 Å². The van der Waals surface area contributed by atoms with E-state index in [4.69, 9.17) is 18.7 Å². The van der Waals surface area contributed by atoms with E-state index in [1.807, 2.05) is 0 Å². The molecule has 124 valence electrons. The minimum atomic E-state index is -3.75. The number of phosphoric ester groups is 1. The summed E-state index contributed by atoms with van der Waals surface area (Å²) in [5.74, 6) is -1.44. The first-order valence-electron chi connectivity index (χ1n) is 6.63. The van der Waals surface area contributed by atoms with Crippen molar-refractivity contribution in [3.63, 3.8) is 0 Å². The van der Waals surface area contributed by atoms with Gasteiger partial charge in [0.25, 0.3) is 0 Å². The number of benzene rings is 1.